The van der Waals surface area contributed by atoms with Crippen LogP contribution in [0, 0.1) is 13.8 Å². The van der Waals surface area contributed by atoms with Gasteiger partial charge in [0.2, 0.25) is 0 Å². The second-order valence-electron chi connectivity index (χ2n) is 4.39. The zero-order valence-corrected chi connectivity index (χ0v) is 11.3. The molecule has 5 nitrogen and oxygen atoms in total. The van der Waals surface area contributed by atoms with E-state index in [-0.39, 0.29) is 4.90 Å². The smallest absolute Gasteiger partial charge is 0.178 e. The fraction of sp³-hybridized carbons (Fsp3) is 0.250. The van der Waals surface area contributed by atoms with Crippen molar-refractivity contribution in [1.82, 2.24) is 9.78 Å². The monoisotopic (exact) mass is 265 g/mol. The highest BCUT2D eigenvalue weighted by atomic mass is 32.2. The van der Waals surface area contributed by atoms with Crippen molar-refractivity contribution in [2.24, 2.45) is 0 Å². The minimum atomic E-state index is -3.25. The summed E-state index contributed by atoms with van der Waals surface area (Å²) in [7, 11) is -3.25. The third-order valence-corrected chi connectivity index (χ3v) is 3.94. The Morgan fingerprint density at radius 2 is 1.83 bits per heavy atom. The van der Waals surface area contributed by atoms with E-state index in [0.29, 0.717) is 11.4 Å². The van der Waals surface area contributed by atoms with Gasteiger partial charge >= 0.3 is 0 Å². The Bertz CT molecular complexity index is 702. The number of sulfone groups is 1. The predicted octanol–water partition coefficient (Wildman–Crippen LogP) is 1.47. The molecule has 0 saturated carbocycles. The van der Waals surface area contributed by atoms with Crippen LogP contribution >= 0.6 is 0 Å². The minimum absolute atomic E-state index is 0.181. The number of hydrogen-bond donors (Lipinski definition) is 1. The lowest BCUT2D eigenvalue weighted by atomic mass is 10.1. The Kier molecular flexibility index (Phi) is 2.90. The van der Waals surface area contributed by atoms with Crippen molar-refractivity contribution < 1.29 is 8.42 Å². The highest BCUT2D eigenvalue weighted by Gasteiger charge is 2.12. The molecular formula is C12H15N3O2S. The molecule has 1 heterocycles. The van der Waals surface area contributed by atoms with Crippen molar-refractivity contribution in [2.75, 3.05) is 12.0 Å². The number of benzene rings is 1. The average molecular weight is 265 g/mol. The van der Waals surface area contributed by atoms with Gasteiger partial charge in [-0.25, -0.2) is 13.1 Å². The Hall–Kier alpha value is -1.82. The first kappa shape index (κ1) is 12.6. The summed E-state index contributed by atoms with van der Waals surface area (Å²) in [5.74, 6) is 0. The molecule has 0 unspecified atom stereocenters. The normalized spacial score (nSPS) is 11.7. The summed E-state index contributed by atoms with van der Waals surface area (Å²) in [6, 6.07) is 3.75. The average Bonchev–Trinajstić information content (AvgIpc) is 2.72. The van der Waals surface area contributed by atoms with Crippen LogP contribution in [-0.2, 0) is 9.84 Å². The summed E-state index contributed by atoms with van der Waals surface area (Å²) in [5.41, 5.74) is 9.36. The zero-order valence-electron chi connectivity index (χ0n) is 10.5. The molecule has 2 rings (SSSR count). The highest BCUT2D eigenvalue weighted by Crippen LogP contribution is 2.22. The standard InChI is InChI=1S/C12H15N3O2S/c1-8-4-11(13)12(5-9(8)2)15-7-10(6-14-15)18(3,16)17/h4-7H,13H2,1-3H3. The lowest BCUT2D eigenvalue weighted by Crippen LogP contribution is -2.02. The topological polar surface area (TPSA) is 78.0 Å². The van der Waals surface area contributed by atoms with Crippen LogP contribution < -0.4 is 5.73 Å². The van der Waals surface area contributed by atoms with Crippen molar-refractivity contribution in [1.29, 1.82) is 0 Å². The Morgan fingerprint density at radius 1 is 1.22 bits per heavy atom. The van der Waals surface area contributed by atoms with Gasteiger partial charge < -0.3 is 5.73 Å². The quantitative estimate of drug-likeness (QED) is 0.834. The number of aromatic nitrogens is 2. The number of nitrogen functional groups attached to an aromatic ring is 1. The van der Waals surface area contributed by atoms with Crippen molar-refractivity contribution >= 4 is 15.5 Å². The second kappa shape index (κ2) is 4.13. The van der Waals surface area contributed by atoms with Crippen LogP contribution in [0.15, 0.2) is 29.4 Å². The Morgan fingerprint density at radius 3 is 2.39 bits per heavy atom. The molecule has 18 heavy (non-hydrogen) atoms. The summed E-state index contributed by atoms with van der Waals surface area (Å²) in [4.78, 5) is 0.181. The SMILES string of the molecule is Cc1cc(N)c(-n2cc(S(C)(=O)=O)cn2)cc1C. The lowest BCUT2D eigenvalue weighted by Gasteiger charge is -2.09. The molecule has 0 spiro atoms. The number of nitrogens with two attached hydrogens (primary N) is 1. The third kappa shape index (κ3) is 2.24. The fourth-order valence-electron chi connectivity index (χ4n) is 1.65. The van der Waals surface area contributed by atoms with Crippen molar-refractivity contribution in [3.8, 4) is 5.69 Å². The molecule has 0 atom stereocenters. The summed E-state index contributed by atoms with van der Waals surface area (Å²) < 4.78 is 24.3. The van der Waals surface area contributed by atoms with E-state index < -0.39 is 9.84 Å². The maximum atomic E-state index is 11.4. The van der Waals surface area contributed by atoms with Gasteiger partial charge in [-0.1, -0.05) is 0 Å². The molecule has 0 saturated heterocycles. The van der Waals surface area contributed by atoms with Gasteiger partial charge in [-0.2, -0.15) is 5.10 Å². The molecule has 0 bridgehead atoms. The number of aryl methyl sites for hydroxylation is 2. The van der Waals surface area contributed by atoms with E-state index in [9.17, 15) is 8.42 Å². The molecule has 0 aliphatic rings. The summed E-state index contributed by atoms with van der Waals surface area (Å²) in [6.45, 7) is 3.94. The highest BCUT2D eigenvalue weighted by molar-refractivity contribution is 7.90. The lowest BCUT2D eigenvalue weighted by molar-refractivity contribution is 0.602. The molecule has 0 radical (unpaired) electrons. The molecule has 0 amide bonds. The molecule has 96 valence electrons. The van der Waals surface area contributed by atoms with Gasteiger partial charge in [0.15, 0.2) is 9.84 Å². The third-order valence-electron chi connectivity index (χ3n) is 2.88. The van der Waals surface area contributed by atoms with Crippen LogP contribution in [0.25, 0.3) is 5.69 Å². The zero-order chi connectivity index (χ0) is 13.5. The molecule has 6 heteroatoms. The van der Waals surface area contributed by atoms with E-state index in [2.05, 4.69) is 5.10 Å². The molecule has 0 aliphatic heterocycles. The molecular weight excluding hydrogens is 250 g/mol. The van der Waals surface area contributed by atoms with Crippen LogP contribution in [0.3, 0.4) is 0 Å². The number of hydrogen-bond acceptors (Lipinski definition) is 4. The van der Waals surface area contributed by atoms with Crippen molar-refractivity contribution in [3.63, 3.8) is 0 Å². The summed E-state index contributed by atoms with van der Waals surface area (Å²) in [5, 5.41) is 4.04. The first-order chi connectivity index (χ1) is 8.29. The Balaban J connectivity index is 2.56. The van der Waals surface area contributed by atoms with Gasteiger partial charge in [-0.3, -0.25) is 0 Å². The van der Waals surface area contributed by atoms with Crippen molar-refractivity contribution in [3.05, 3.63) is 35.7 Å². The van der Waals surface area contributed by atoms with E-state index in [1.807, 2.05) is 26.0 Å². The van der Waals surface area contributed by atoms with Crippen LogP contribution in [0.1, 0.15) is 11.1 Å². The molecule has 1 aromatic carbocycles. The first-order valence-corrected chi connectivity index (χ1v) is 7.30. The van der Waals surface area contributed by atoms with E-state index >= 15 is 0 Å². The van der Waals surface area contributed by atoms with Crippen molar-refractivity contribution in [2.45, 2.75) is 18.7 Å². The van der Waals surface area contributed by atoms with Crippen LogP contribution in [0.2, 0.25) is 0 Å². The van der Waals surface area contributed by atoms with Gasteiger partial charge in [0.05, 0.1) is 17.6 Å². The minimum Gasteiger partial charge on any atom is -0.397 e. The van der Waals surface area contributed by atoms with Gasteiger partial charge in [0.25, 0.3) is 0 Å². The molecule has 0 aliphatic carbocycles. The van der Waals surface area contributed by atoms with E-state index in [1.165, 1.54) is 17.1 Å². The molecule has 0 fully saturated rings. The number of nitrogens with zero attached hydrogens (tertiary/aromatic N) is 2. The van der Waals surface area contributed by atoms with Crippen LogP contribution in [0.5, 0.6) is 0 Å². The summed E-state index contributed by atoms with van der Waals surface area (Å²) in [6.07, 6.45) is 3.94. The van der Waals surface area contributed by atoms with E-state index in [0.717, 1.165) is 17.4 Å². The second-order valence-corrected chi connectivity index (χ2v) is 6.40. The number of anilines is 1. The van der Waals surface area contributed by atoms with E-state index in [1.54, 1.807) is 0 Å². The fourth-order valence-corrected chi connectivity index (χ4v) is 2.18. The van der Waals surface area contributed by atoms with Gasteiger partial charge in [-0.15, -0.1) is 0 Å². The van der Waals surface area contributed by atoms with E-state index in [4.69, 9.17) is 5.73 Å². The molecule has 2 aromatic rings. The van der Waals surface area contributed by atoms with Gasteiger partial charge in [-0.05, 0) is 37.1 Å². The maximum Gasteiger partial charge on any atom is 0.178 e. The largest absolute Gasteiger partial charge is 0.397 e. The number of rotatable bonds is 2. The van der Waals surface area contributed by atoms with Crippen LogP contribution in [0.4, 0.5) is 5.69 Å². The first-order valence-electron chi connectivity index (χ1n) is 5.41. The van der Waals surface area contributed by atoms with Gasteiger partial charge in [0.1, 0.15) is 4.90 Å². The summed E-state index contributed by atoms with van der Waals surface area (Å²) >= 11 is 0. The molecule has 1 aromatic heterocycles. The van der Waals surface area contributed by atoms with Gasteiger partial charge in [0, 0.05) is 12.5 Å². The Labute approximate surface area is 106 Å². The maximum absolute atomic E-state index is 11.4. The molecule has 2 N–H and O–H groups in total. The predicted molar refractivity (Wildman–Crippen MR) is 70.6 cm³/mol. The van der Waals surface area contributed by atoms with Crippen LogP contribution in [-0.4, -0.2) is 24.5 Å².